The lowest BCUT2D eigenvalue weighted by Gasteiger charge is -2.13. The van der Waals surface area contributed by atoms with Gasteiger partial charge in [0.1, 0.15) is 5.01 Å². The first kappa shape index (κ1) is 11.6. The summed E-state index contributed by atoms with van der Waals surface area (Å²) in [5, 5.41) is 6.55. The van der Waals surface area contributed by atoms with E-state index in [-0.39, 0.29) is 6.04 Å². The Morgan fingerprint density at radius 3 is 2.81 bits per heavy atom. The molecule has 0 aliphatic carbocycles. The zero-order chi connectivity index (χ0) is 11.5. The maximum Gasteiger partial charge on any atom is 0.115 e. The van der Waals surface area contributed by atoms with Crippen molar-refractivity contribution in [1.82, 2.24) is 4.98 Å². The van der Waals surface area contributed by atoms with Crippen LogP contribution in [-0.4, -0.2) is 4.98 Å². The van der Waals surface area contributed by atoms with Crippen molar-refractivity contribution in [1.29, 1.82) is 0 Å². The van der Waals surface area contributed by atoms with Crippen LogP contribution in [-0.2, 0) is 0 Å². The van der Waals surface area contributed by atoms with Crippen molar-refractivity contribution < 1.29 is 0 Å². The highest BCUT2D eigenvalue weighted by atomic mass is 79.9. The van der Waals surface area contributed by atoms with Crippen molar-refractivity contribution in [2.75, 3.05) is 5.32 Å². The zero-order valence-corrected chi connectivity index (χ0v) is 11.6. The second-order valence-corrected chi connectivity index (χ2v) is 5.60. The van der Waals surface area contributed by atoms with Gasteiger partial charge in [-0.2, -0.15) is 0 Å². The molecule has 0 aliphatic heterocycles. The van der Waals surface area contributed by atoms with Crippen LogP contribution < -0.4 is 5.32 Å². The molecule has 0 spiro atoms. The average Bonchev–Trinajstić information content (AvgIpc) is 2.68. The number of aromatic nitrogens is 1. The monoisotopic (exact) mass is 296 g/mol. The summed E-state index contributed by atoms with van der Waals surface area (Å²) in [5.41, 5.74) is 2.36. The fourth-order valence-electron chi connectivity index (χ4n) is 1.58. The molecule has 0 fully saturated rings. The summed E-state index contributed by atoms with van der Waals surface area (Å²) in [6.45, 7) is 4.21. The summed E-state index contributed by atoms with van der Waals surface area (Å²) < 4.78 is 1.10. The second kappa shape index (κ2) is 4.97. The molecule has 1 heterocycles. The lowest BCUT2D eigenvalue weighted by atomic mass is 10.2. The summed E-state index contributed by atoms with van der Waals surface area (Å²) in [4.78, 5) is 4.30. The van der Waals surface area contributed by atoms with E-state index in [2.05, 4.69) is 58.3 Å². The van der Waals surface area contributed by atoms with Gasteiger partial charge in [0.25, 0.3) is 0 Å². The molecular formula is C12H13BrN2S. The highest BCUT2D eigenvalue weighted by molar-refractivity contribution is 9.10. The van der Waals surface area contributed by atoms with Crippen LogP contribution in [0, 0.1) is 6.92 Å². The van der Waals surface area contributed by atoms with E-state index in [9.17, 15) is 0 Å². The Labute approximate surface area is 108 Å². The average molecular weight is 297 g/mol. The first-order valence-electron chi connectivity index (χ1n) is 5.08. The number of halogens is 1. The summed E-state index contributed by atoms with van der Waals surface area (Å²) in [5.74, 6) is 0. The van der Waals surface area contributed by atoms with Gasteiger partial charge in [-0.05, 0) is 37.6 Å². The molecule has 2 rings (SSSR count). The van der Waals surface area contributed by atoms with Gasteiger partial charge < -0.3 is 5.32 Å². The fourth-order valence-corrected chi connectivity index (χ4v) is 2.83. The number of thiazole rings is 1. The van der Waals surface area contributed by atoms with E-state index in [1.165, 1.54) is 5.56 Å². The first-order valence-corrected chi connectivity index (χ1v) is 6.75. The van der Waals surface area contributed by atoms with Crippen LogP contribution in [0.1, 0.15) is 23.5 Å². The molecule has 1 aromatic carbocycles. The minimum Gasteiger partial charge on any atom is -0.376 e. The standard InChI is InChI=1S/C12H13BrN2S/c1-8-5-10(13)7-11(6-8)15-9(2)12-14-3-4-16-12/h3-7,9,15H,1-2H3. The maximum absolute atomic E-state index is 4.30. The van der Waals surface area contributed by atoms with Crippen LogP contribution >= 0.6 is 27.3 Å². The van der Waals surface area contributed by atoms with Gasteiger partial charge in [-0.1, -0.05) is 15.9 Å². The molecule has 0 amide bonds. The lowest BCUT2D eigenvalue weighted by Crippen LogP contribution is -2.06. The van der Waals surface area contributed by atoms with Crippen molar-refractivity contribution in [3.63, 3.8) is 0 Å². The van der Waals surface area contributed by atoms with Crippen LogP contribution in [0.5, 0.6) is 0 Å². The van der Waals surface area contributed by atoms with Crippen LogP contribution in [0.15, 0.2) is 34.2 Å². The smallest absolute Gasteiger partial charge is 0.115 e. The number of benzene rings is 1. The Bertz CT molecular complexity index is 448. The molecule has 0 radical (unpaired) electrons. The molecule has 1 N–H and O–H groups in total. The number of nitrogens with one attached hydrogen (secondary N) is 1. The Balaban J connectivity index is 2.15. The third kappa shape index (κ3) is 2.83. The van der Waals surface area contributed by atoms with Crippen molar-refractivity contribution in [2.24, 2.45) is 0 Å². The number of aryl methyl sites for hydroxylation is 1. The van der Waals surface area contributed by atoms with Crippen molar-refractivity contribution in [3.8, 4) is 0 Å². The summed E-state index contributed by atoms with van der Waals surface area (Å²) >= 11 is 5.17. The highest BCUT2D eigenvalue weighted by Gasteiger charge is 2.07. The first-order chi connectivity index (χ1) is 7.65. The van der Waals surface area contributed by atoms with Crippen LogP contribution in [0.4, 0.5) is 5.69 Å². The minimum absolute atomic E-state index is 0.244. The summed E-state index contributed by atoms with van der Waals surface area (Å²) in [6, 6.07) is 6.55. The predicted molar refractivity (Wildman–Crippen MR) is 73.0 cm³/mol. The fraction of sp³-hybridized carbons (Fsp3) is 0.250. The van der Waals surface area contributed by atoms with E-state index in [0.29, 0.717) is 0 Å². The second-order valence-electron chi connectivity index (χ2n) is 3.75. The molecular weight excluding hydrogens is 284 g/mol. The topological polar surface area (TPSA) is 24.9 Å². The number of hydrogen-bond donors (Lipinski definition) is 1. The third-order valence-corrected chi connectivity index (χ3v) is 3.66. The maximum atomic E-state index is 4.30. The van der Waals surface area contributed by atoms with Gasteiger partial charge in [0.05, 0.1) is 6.04 Å². The molecule has 0 saturated heterocycles. The van der Waals surface area contributed by atoms with Gasteiger partial charge in [0, 0.05) is 21.7 Å². The molecule has 1 unspecified atom stereocenters. The Morgan fingerprint density at radius 2 is 2.19 bits per heavy atom. The summed E-state index contributed by atoms with van der Waals surface area (Å²) in [7, 11) is 0. The van der Waals surface area contributed by atoms with E-state index in [4.69, 9.17) is 0 Å². The Kier molecular flexibility index (Phi) is 3.61. The number of hydrogen-bond acceptors (Lipinski definition) is 3. The van der Waals surface area contributed by atoms with Crippen molar-refractivity contribution >= 4 is 33.0 Å². The molecule has 1 aromatic heterocycles. The third-order valence-electron chi connectivity index (χ3n) is 2.25. The normalized spacial score (nSPS) is 12.4. The van der Waals surface area contributed by atoms with Crippen LogP contribution in [0.3, 0.4) is 0 Å². The van der Waals surface area contributed by atoms with E-state index < -0.39 is 0 Å². The van der Waals surface area contributed by atoms with E-state index in [1.807, 2.05) is 11.6 Å². The molecule has 4 heteroatoms. The molecule has 0 bridgehead atoms. The van der Waals surface area contributed by atoms with Gasteiger partial charge in [-0.25, -0.2) is 4.98 Å². The molecule has 2 nitrogen and oxygen atoms in total. The molecule has 84 valence electrons. The van der Waals surface area contributed by atoms with Gasteiger partial charge in [-0.15, -0.1) is 11.3 Å². The van der Waals surface area contributed by atoms with Gasteiger partial charge in [-0.3, -0.25) is 0 Å². The zero-order valence-electron chi connectivity index (χ0n) is 9.20. The molecule has 2 aromatic rings. The molecule has 1 atom stereocenters. The SMILES string of the molecule is Cc1cc(Br)cc(NC(C)c2nccs2)c1. The van der Waals surface area contributed by atoms with Gasteiger partial charge >= 0.3 is 0 Å². The Morgan fingerprint density at radius 1 is 1.38 bits per heavy atom. The van der Waals surface area contributed by atoms with Crippen molar-refractivity contribution in [2.45, 2.75) is 19.9 Å². The van der Waals surface area contributed by atoms with Crippen molar-refractivity contribution in [3.05, 3.63) is 44.8 Å². The quantitative estimate of drug-likeness (QED) is 0.909. The van der Waals surface area contributed by atoms with Gasteiger partial charge in [0.15, 0.2) is 0 Å². The predicted octanol–water partition coefficient (Wildman–Crippen LogP) is 4.39. The largest absolute Gasteiger partial charge is 0.376 e. The molecule has 0 saturated carbocycles. The number of anilines is 1. The molecule has 16 heavy (non-hydrogen) atoms. The summed E-state index contributed by atoms with van der Waals surface area (Å²) in [6.07, 6.45) is 1.84. The number of nitrogens with zero attached hydrogens (tertiary/aromatic N) is 1. The lowest BCUT2D eigenvalue weighted by molar-refractivity contribution is 0.869. The van der Waals surface area contributed by atoms with Crippen LogP contribution in [0.25, 0.3) is 0 Å². The van der Waals surface area contributed by atoms with E-state index in [1.54, 1.807) is 11.3 Å². The number of rotatable bonds is 3. The van der Waals surface area contributed by atoms with E-state index in [0.717, 1.165) is 15.2 Å². The highest BCUT2D eigenvalue weighted by Crippen LogP contribution is 2.24. The minimum atomic E-state index is 0.244. The Hall–Kier alpha value is -0.870. The molecule has 0 aliphatic rings. The van der Waals surface area contributed by atoms with Crippen LogP contribution in [0.2, 0.25) is 0 Å². The van der Waals surface area contributed by atoms with Gasteiger partial charge in [0.2, 0.25) is 0 Å². The van der Waals surface area contributed by atoms with E-state index >= 15 is 0 Å².